The van der Waals surface area contributed by atoms with Crippen LogP contribution in [0.4, 0.5) is 10.8 Å². The molecule has 1 aromatic heterocycles. The van der Waals surface area contributed by atoms with Crippen molar-refractivity contribution in [3.63, 3.8) is 0 Å². The lowest BCUT2D eigenvalue weighted by atomic mass is 10.1. The molecule has 0 spiro atoms. The molecule has 152 valence electrons. The predicted molar refractivity (Wildman–Crippen MR) is 127 cm³/mol. The van der Waals surface area contributed by atoms with Crippen molar-refractivity contribution >= 4 is 49.9 Å². The SMILES string of the molecule is Cc1ccc(Cl)c2sc(N(Cc3ccccc3)C(=O)c3ccc(N(C)C)cc3)nc12. The van der Waals surface area contributed by atoms with Crippen LogP contribution in [-0.2, 0) is 6.54 Å². The molecule has 4 rings (SSSR count). The van der Waals surface area contributed by atoms with Gasteiger partial charge < -0.3 is 4.90 Å². The summed E-state index contributed by atoms with van der Waals surface area (Å²) >= 11 is 7.86. The molecule has 0 saturated heterocycles. The minimum atomic E-state index is -0.0861. The maximum Gasteiger partial charge on any atom is 0.260 e. The van der Waals surface area contributed by atoms with Gasteiger partial charge in [0.2, 0.25) is 0 Å². The maximum atomic E-state index is 13.5. The van der Waals surface area contributed by atoms with Crippen molar-refractivity contribution in [2.75, 3.05) is 23.9 Å². The molecule has 0 bridgehead atoms. The normalized spacial score (nSPS) is 10.9. The van der Waals surface area contributed by atoms with Gasteiger partial charge in [-0.25, -0.2) is 4.98 Å². The first-order chi connectivity index (χ1) is 14.4. The number of anilines is 2. The van der Waals surface area contributed by atoms with Crippen molar-refractivity contribution in [3.05, 3.63) is 88.4 Å². The number of amides is 1. The van der Waals surface area contributed by atoms with Crippen LogP contribution in [0.2, 0.25) is 5.02 Å². The fourth-order valence-corrected chi connectivity index (χ4v) is 4.57. The van der Waals surface area contributed by atoms with E-state index in [0.717, 1.165) is 27.0 Å². The number of aromatic nitrogens is 1. The average molecular weight is 436 g/mol. The van der Waals surface area contributed by atoms with Gasteiger partial charge in [0.05, 0.1) is 21.8 Å². The molecule has 0 aliphatic carbocycles. The van der Waals surface area contributed by atoms with E-state index in [9.17, 15) is 4.79 Å². The van der Waals surface area contributed by atoms with Gasteiger partial charge >= 0.3 is 0 Å². The molecule has 30 heavy (non-hydrogen) atoms. The number of nitrogens with zero attached hydrogens (tertiary/aromatic N) is 3. The summed E-state index contributed by atoms with van der Waals surface area (Å²) in [4.78, 5) is 22.1. The quantitative estimate of drug-likeness (QED) is 0.376. The lowest BCUT2D eigenvalue weighted by Gasteiger charge is -2.21. The van der Waals surface area contributed by atoms with Gasteiger partial charge in [-0.3, -0.25) is 9.69 Å². The Kier molecular flexibility index (Phi) is 5.75. The van der Waals surface area contributed by atoms with E-state index in [1.54, 1.807) is 4.90 Å². The highest BCUT2D eigenvalue weighted by molar-refractivity contribution is 7.23. The van der Waals surface area contributed by atoms with Crippen LogP contribution < -0.4 is 9.80 Å². The highest BCUT2D eigenvalue weighted by Crippen LogP contribution is 2.36. The minimum Gasteiger partial charge on any atom is -0.378 e. The van der Waals surface area contributed by atoms with Gasteiger partial charge in [0.25, 0.3) is 5.91 Å². The summed E-state index contributed by atoms with van der Waals surface area (Å²) in [6.07, 6.45) is 0. The van der Waals surface area contributed by atoms with Crippen molar-refractivity contribution < 1.29 is 4.79 Å². The molecule has 1 heterocycles. The van der Waals surface area contributed by atoms with Crippen molar-refractivity contribution in [1.29, 1.82) is 0 Å². The molecule has 0 N–H and O–H groups in total. The Bertz CT molecular complexity index is 1150. The van der Waals surface area contributed by atoms with Gasteiger partial charge in [0.15, 0.2) is 5.13 Å². The zero-order valence-corrected chi connectivity index (χ0v) is 18.7. The third-order valence-electron chi connectivity index (χ3n) is 4.98. The molecular formula is C24H22ClN3OS. The minimum absolute atomic E-state index is 0.0861. The molecule has 4 aromatic rings. The number of halogens is 1. The number of hydrogen-bond acceptors (Lipinski definition) is 4. The third-order valence-corrected chi connectivity index (χ3v) is 6.51. The Labute approximate surface area is 185 Å². The number of fused-ring (bicyclic) bond motifs is 1. The molecule has 0 atom stereocenters. The first kappa shape index (κ1) is 20.4. The lowest BCUT2D eigenvalue weighted by molar-refractivity contribution is 0.0985. The first-order valence-corrected chi connectivity index (χ1v) is 10.8. The molecule has 0 saturated carbocycles. The zero-order valence-electron chi connectivity index (χ0n) is 17.1. The summed E-state index contributed by atoms with van der Waals surface area (Å²) in [7, 11) is 3.96. The van der Waals surface area contributed by atoms with Gasteiger partial charge in [-0.05, 0) is 48.4 Å². The Morgan fingerprint density at radius 1 is 1.00 bits per heavy atom. The van der Waals surface area contributed by atoms with Gasteiger partial charge in [-0.1, -0.05) is 59.3 Å². The van der Waals surface area contributed by atoms with Crippen LogP contribution in [0.25, 0.3) is 10.2 Å². The van der Waals surface area contributed by atoms with Crippen LogP contribution in [-0.4, -0.2) is 25.0 Å². The number of benzene rings is 3. The average Bonchev–Trinajstić information content (AvgIpc) is 3.21. The van der Waals surface area contributed by atoms with E-state index in [4.69, 9.17) is 16.6 Å². The van der Waals surface area contributed by atoms with E-state index in [1.165, 1.54) is 11.3 Å². The number of carbonyl (C=O) groups is 1. The third kappa shape index (κ3) is 4.04. The number of hydrogen-bond donors (Lipinski definition) is 0. The van der Waals surface area contributed by atoms with E-state index >= 15 is 0 Å². The van der Waals surface area contributed by atoms with Crippen molar-refractivity contribution in [1.82, 2.24) is 4.98 Å². The Balaban J connectivity index is 1.77. The summed E-state index contributed by atoms with van der Waals surface area (Å²) in [5.41, 5.74) is 4.59. The van der Waals surface area contributed by atoms with Crippen LogP contribution in [0.5, 0.6) is 0 Å². The topological polar surface area (TPSA) is 36.4 Å². The molecule has 0 unspecified atom stereocenters. The molecule has 0 aliphatic rings. The Hall–Kier alpha value is -2.89. The largest absolute Gasteiger partial charge is 0.378 e. The van der Waals surface area contributed by atoms with E-state index in [2.05, 4.69) is 0 Å². The van der Waals surface area contributed by atoms with Crippen LogP contribution >= 0.6 is 22.9 Å². The van der Waals surface area contributed by atoms with Crippen LogP contribution in [0, 0.1) is 6.92 Å². The van der Waals surface area contributed by atoms with E-state index in [1.807, 2.05) is 92.6 Å². The lowest BCUT2D eigenvalue weighted by Crippen LogP contribution is -2.30. The smallest absolute Gasteiger partial charge is 0.260 e. The second kappa shape index (κ2) is 8.46. The summed E-state index contributed by atoms with van der Waals surface area (Å²) in [5, 5.41) is 1.30. The molecule has 6 heteroatoms. The fourth-order valence-electron chi connectivity index (χ4n) is 3.26. The molecule has 4 nitrogen and oxygen atoms in total. The Morgan fingerprint density at radius 2 is 1.70 bits per heavy atom. The monoisotopic (exact) mass is 435 g/mol. The first-order valence-electron chi connectivity index (χ1n) is 9.63. The summed E-state index contributed by atoms with van der Waals surface area (Å²) in [5.74, 6) is -0.0861. The van der Waals surface area contributed by atoms with Crippen molar-refractivity contribution in [2.24, 2.45) is 0 Å². The summed E-state index contributed by atoms with van der Waals surface area (Å²) < 4.78 is 0.903. The highest BCUT2D eigenvalue weighted by atomic mass is 35.5. The van der Waals surface area contributed by atoms with Crippen LogP contribution in [0.3, 0.4) is 0 Å². The van der Waals surface area contributed by atoms with Crippen molar-refractivity contribution in [2.45, 2.75) is 13.5 Å². The standard InChI is InChI=1S/C24H22ClN3OS/c1-16-9-14-20(25)22-21(16)26-24(30-22)28(15-17-7-5-4-6-8-17)23(29)18-10-12-19(13-11-18)27(2)3/h4-14H,15H2,1-3H3. The fraction of sp³-hybridized carbons (Fsp3) is 0.167. The molecule has 3 aromatic carbocycles. The number of rotatable bonds is 5. The van der Waals surface area contributed by atoms with Crippen molar-refractivity contribution in [3.8, 4) is 0 Å². The zero-order chi connectivity index (χ0) is 21.3. The van der Waals surface area contributed by atoms with Crippen LogP contribution in [0.1, 0.15) is 21.5 Å². The number of aryl methyl sites for hydroxylation is 1. The Morgan fingerprint density at radius 3 is 2.33 bits per heavy atom. The number of carbonyl (C=O) groups excluding carboxylic acids is 1. The second-order valence-electron chi connectivity index (χ2n) is 7.36. The van der Waals surface area contributed by atoms with E-state index in [-0.39, 0.29) is 5.91 Å². The molecule has 0 radical (unpaired) electrons. The van der Waals surface area contributed by atoms with Gasteiger partial charge in [0.1, 0.15) is 0 Å². The summed E-state index contributed by atoms with van der Waals surface area (Å²) in [6.45, 7) is 2.44. The molecule has 0 aliphatic heterocycles. The maximum absolute atomic E-state index is 13.5. The van der Waals surface area contributed by atoms with Crippen LogP contribution in [0.15, 0.2) is 66.7 Å². The highest BCUT2D eigenvalue weighted by Gasteiger charge is 2.23. The summed E-state index contributed by atoms with van der Waals surface area (Å²) in [6, 6.07) is 21.4. The van der Waals surface area contributed by atoms with Gasteiger partial charge in [0, 0.05) is 25.3 Å². The van der Waals surface area contributed by atoms with E-state index in [0.29, 0.717) is 22.3 Å². The number of thiazole rings is 1. The van der Waals surface area contributed by atoms with Gasteiger partial charge in [-0.15, -0.1) is 0 Å². The molecule has 1 amide bonds. The molecular weight excluding hydrogens is 414 g/mol. The van der Waals surface area contributed by atoms with Gasteiger partial charge in [-0.2, -0.15) is 0 Å². The van der Waals surface area contributed by atoms with E-state index < -0.39 is 0 Å². The predicted octanol–water partition coefficient (Wildman–Crippen LogP) is 6.17. The molecule has 0 fully saturated rings. The second-order valence-corrected chi connectivity index (χ2v) is 8.74.